The Labute approximate surface area is 188 Å². The largest absolute Gasteiger partial charge is 0.488 e. The van der Waals surface area contributed by atoms with Gasteiger partial charge in [-0.25, -0.2) is 15.0 Å². The first-order valence-electron chi connectivity index (χ1n) is 11.5. The fourth-order valence-electron chi connectivity index (χ4n) is 4.57. The van der Waals surface area contributed by atoms with E-state index in [9.17, 15) is 0 Å². The van der Waals surface area contributed by atoms with Crippen LogP contribution in [0, 0.1) is 13.8 Å². The normalized spacial score (nSPS) is 21.5. The van der Waals surface area contributed by atoms with E-state index in [2.05, 4.69) is 42.3 Å². The smallest absolute Gasteiger partial charge is 0.149 e. The van der Waals surface area contributed by atoms with E-state index in [1.54, 1.807) is 12.4 Å². The Balaban J connectivity index is 1.27. The number of hydrogen-bond acceptors (Lipinski definition) is 8. The van der Waals surface area contributed by atoms with Gasteiger partial charge in [0.15, 0.2) is 0 Å². The van der Waals surface area contributed by atoms with Gasteiger partial charge in [0.1, 0.15) is 17.1 Å². The zero-order chi connectivity index (χ0) is 21.9. The Morgan fingerprint density at radius 1 is 1.00 bits per heavy atom. The second-order valence-electron chi connectivity index (χ2n) is 8.62. The van der Waals surface area contributed by atoms with Crippen LogP contribution in [0.5, 0.6) is 5.75 Å². The lowest BCUT2D eigenvalue weighted by molar-refractivity contribution is 0.122. The van der Waals surface area contributed by atoms with Crippen LogP contribution in [0.3, 0.4) is 0 Å². The average Bonchev–Trinajstić information content (AvgIpc) is 2.82. The van der Waals surface area contributed by atoms with Gasteiger partial charge >= 0.3 is 0 Å². The van der Waals surface area contributed by atoms with Crippen LogP contribution >= 0.6 is 0 Å². The molecule has 2 aliphatic rings. The molecular weight excluding hydrogens is 404 g/mol. The summed E-state index contributed by atoms with van der Waals surface area (Å²) in [5.41, 5.74) is 4.86. The second kappa shape index (κ2) is 9.24. The molecule has 0 radical (unpaired) electrons. The lowest BCUT2D eigenvalue weighted by Crippen LogP contribution is -2.36. The van der Waals surface area contributed by atoms with Crippen molar-refractivity contribution in [2.24, 2.45) is 0 Å². The van der Waals surface area contributed by atoms with Crippen molar-refractivity contribution >= 4 is 22.4 Å². The van der Waals surface area contributed by atoms with Gasteiger partial charge in [0.05, 0.1) is 42.4 Å². The first-order chi connectivity index (χ1) is 15.7. The average molecular weight is 435 g/mol. The van der Waals surface area contributed by atoms with E-state index in [1.165, 1.54) is 0 Å². The minimum Gasteiger partial charge on any atom is -0.488 e. The highest BCUT2D eigenvalue weighted by molar-refractivity contribution is 5.85. The van der Waals surface area contributed by atoms with Crippen molar-refractivity contribution < 1.29 is 9.47 Å². The highest BCUT2D eigenvalue weighted by atomic mass is 16.5. The minimum absolute atomic E-state index is 0.175. The summed E-state index contributed by atoms with van der Waals surface area (Å²) in [6, 6.07) is 4.64. The maximum absolute atomic E-state index is 6.53. The zero-order valence-corrected chi connectivity index (χ0v) is 18.8. The molecule has 0 spiro atoms. The molecule has 3 aromatic rings. The van der Waals surface area contributed by atoms with Crippen LogP contribution in [-0.2, 0) is 4.74 Å². The molecule has 1 aromatic carbocycles. The molecule has 1 saturated heterocycles. The Bertz CT molecular complexity index is 1080. The summed E-state index contributed by atoms with van der Waals surface area (Å²) in [4.78, 5) is 20.2. The molecule has 2 fully saturated rings. The van der Waals surface area contributed by atoms with Crippen molar-refractivity contribution in [2.75, 3.05) is 36.5 Å². The van der Waals surface area contributed by atoms with E-state index in [-0.39, 0.29) is 6.10 Å². The van der Waals surface area contributed by atoms with Gasteiger partial charge in [0.25, 0.3) is 0 Å². The van der Waals surface area contributed by atoms with Crippen molar-refractivity contribution in [3.8, 4) is 5.75 Å². The van der Waals surface area contributed by atoms with Crippen molar-refractivity contribution in [1.82, 2.24) is 19.9 Å². The van der Waals surface area contributed by atoms with Crippen LogP contribution in [0.1, 0.15) is 37.2 Å². The number of benzene rings is 1. The van der Waals surface area contributed by atoms with Crippen LogP contribution in [0.4, 0.5) is 11.4 Å². The molecule has 1 aliphatic heterocycles. The summed E-state index contributed by atoms with van der Waals surface area (Å²) >= 11 is 0. The molecule has 0 unspecified atom stereocenters. The van der Waals surface area contributed by atoms with Gasteiger partial charge < -0.3 is 19.7 Å². The molecule has 3 heterocycles. The number of morpholine rings is 1. The molecule has 0 amide bonds. The number of ether oxygens (including phenoxy) is 2. The molecule has 32 heavy (non-hydrogen) atoms. The molecule has 168 valence electrons. The third-order valence-electron chi connectivity index (χ3n) is 6.33. The first kappa shape index (κ1) is 20.9. The van der Waals surface area contributed by atoms with E-state index >= 15 is 0 Å². The molecule has 0 bridgehead atoms. The number of aryl methyl sites for hydroxylation is 2. The number of nitrogens with one attached hydrogen (secondary N) is 1. The van der Waals surface area contributed by atoms with E-state index in [1.807, 2.05) is 20.0 Å². The zero-order valence-electron chi connectivity index (χ0n) is 18.8. The van der Waals surface area contributed by atoms with Crippen LogP contribution in [-0.4, -0.2) is 58.4 Å². The van der Waals surface area contributed by atoms with E-state index in [0.717, 1.165) is 91.7 Å². The predicted molar refractivity (Wildman–Crippen MR) is 124 cm³/mol. The number of nitrogens with zero attached hydrogens (tertiary/aromatic N) is 5. The monoisotopic (exact) mass is 434 g/mol. The Kier molecular flexibility index (Phi) is 6.03. The Morgan fingerprint density at radius 2 is 1.78 bits per heavy atom. The molecule has 0 atom stereocenters. The fourth-order valence-corrected chi connectivity index (χ4v) is 4.57. The van der Waals surface area contributed by atoms with E-state index in [0.29, 0.717) is 6.04 Å². The van der Waals surface area contributed by atoms with Gasteiger partial charge in [-0.2, -0.15) is 0 Å². The standard InChI is InChI=1S/C24H30N6O2/c1-16-22(15-27-17(2)28-16)29-18-3-5-20(6-4-18)32-23-14-19(30-9-11-31-12-10-30)13-21-24(23)26-8-7-25-21/h7-8,13-15,18,20,29H,3-6,9-12H2,1-2H3. The van der Waals surface area contributed by atoms with Gasteiger partial charge in [0.2, 0.25) is 0 Å². The molecular formula is C24H30N6O2. The lowest BCUT2D eigenvalue weighted by atomic mass is 9.92. The Morgan fingerprint density at radius 3 is 2.56 bits per heavy atom. The highest BCUT2D eigenvalue weighted by Crippen LogP contribution is 2.33. The molecule has 5 rings (SSSR count). The molecule has 1 N–H and O–H groups in total. The van der Waals surface area contributed by atoms with Crippen molar-refractivity contribution in [3.63, 3.8) is 0 Å². The van der Waals surface area contributed by atoms with Crippen LogP contribution in [0.15, 0.2) is 30.7 Å². The summed E-state index contributed by atoms with van der Waals surface area (Å²) in [5.74, 6) is 1.64. The van der Waals surface area contributed by atoms with E-state index in [4.69, 9.17) is 9.47 Å². The third-order valence-corrected chi connectivity index (χ3v) is 6.33. The van der Waals surface area contributed by atoms with Crippen molar-refractivity contribution in [1.29, 1.82) is 0 Å². The molecule has 1 aliphatic carbocycles. The summed E-state index contributed by atoms with van der Waals surface area (Å²) in [6.45, 7) is 7.20. The summed E-state index contributed by atoms with van der Waals surface area (Å²) in [5, 5.41) is 3.62. The number of aromatic nitrogens is 4. The fraction of sp³-hybridized carbons (Fsp3) is 0.500. The molecule has 8 nitrogen and oxygen atoms in total. The SMILES string of the molecule is Cc1ncc(NC2CCC(Oc3cc(N4CCOCC4)cc4nccnc34)CC2)c(C)n1. The van der Waals surface area contributed by atoms with Gasteiger partial charge in [-0.15, -0.1) is 0 Å². The lowest BCUT2D eigenvalue weighted by Gasteiger charge is -2.32. The van der Waals surface area contributed by atoms with Crippen LogP contribution < -0.4 is 15.0 Å². The predicted octanol–water partition coefficient (Wildman–Crippen LogP) is 3.68. The quantitative estimate of drug-likeness (QED) is 0.651. The molecule has 8 heteroatoms. The van der Waals surface area contributed by atoms with Crippen LogP contribution in [0.2, 0.25) is 0 Å². The van der Waals surface area contributed by atoms with Gasteiger partial charge in [0, 0.05) is 43.3 Å². The maximum Gasteiger partial charge on any atom is 0.149 e. The summed E-state index contributed by atoms with van der Waals surface area (Å²) in [7, 11) is 0. The topological polar surface area (TPSA) is 85.3 Å². The molecule has 2 aromatic heterocycles. The van der Waals surface area contributed by atoms with E-state index < -0.39 is 0 Å². The van der Waals surface area contributed by atoms with Gasteiger partial charge in [-0.1, -0.05) is 0 Å². The van der Waals surface area contributed by atoms with Crippen molar-refractivity contribution in [3.05, 3.63) is 42.2 Å². The Hall–Kier alpha value is -3.00. The van der Waals surface area contributed by atoms with Gasteiger partial charge in [-0.05, 0) is 45.6 Å². The number of anilines is 2. The molecule has 1 saturated carbocycles. The highest BCUT2D eigenvalue weighted by Gasteiger charge is 2.24. The summed E-state index contributed by atoms with van der Waals surface area (Å²) in [6.07, 6.45) is 9.62. The van der Waals surface area contributed by atoms with Crippen LogP contribution in [0.25, 0.3) is 11.0 Å². The van der Waals surface area contributed by atoms with Crippen molar-refractivity contribution in [2.45, 2.75) is 51.7 Å². The third kappa shape index (κ3) is 4.60. The number of fused-ring (bicyclic) bond motifs is 1. The van der Waals surface area contributed by atoms with Gasteiger partial charge in [-0.3, -0.25) is 4.98 Å². The second-order valence-corrected chi connectivity index (χ2v) is 8.62. The number of rotatable bonds is 5. The first-order valence-corrected chi connectivity index (χ1v) is 11.5. The maximum atomic E-state index is 6.53. The number of hydrogen-bond donors (Lipinski definition) is 1. The minimum atomic E-state index is 0.175. The summed E-state index contributed by atoms with van der Waals surface area (Å²) < 4.78 is 12.0.